The Morgan fingerprint density at radius 2 is 2.19 bits per heavy atom. The summed E-state index contributed by atoms with van der Waals surface area (Å²) in [5.74, 6) is 1.13. The van der Waals surface area contributed by atoms with Crippen LogP contribution in [0.4, 0.5) is 0 Å². The summed E-state index contributed by atoms with van der Waals surface area (Å²) >= 11 is 6.94. The van der Waals surface area contributed by atoms with Gasteiger partial charge in [-0.25, -0.2) is 0 Å². The summed E-state index contributed by atoms with van der Waals surface area (Å²) in [6.07, 6.45) is 0. The van der Waals surface area contributed by atoms with E-state index >= 15 is 0 Å². The molecular weight excluding hydrogens is 305 g/mol. The molecule has 1 heterocycles. The standard InChI is InChI=1S/C11H11NOS2Se/c13-10(12-6-7-15-11(12)14)8-16-9-4-2-1-3-5-9/h1-5H,6-8H2. The Labute approximate surface area is 111 Å². The zero-order chi connectivity index (χ0) is 11.4. The fourth-order valence-electron chi connectivity index (χ4n) is 1.36. The Hall–Kier alpha value is -0.351. The minimum atomic E-state index is 0.179. The van der Waals surface area contributed by atoms with Crippen LogP contribution in [0.3, 0.4) is 0 Å². The van der Waals surface area contributed by atoms with E-state index in [9.17, 15) is 4.79 Å². The Balaban J connectivity index is 1.86. The second-order valence-electron chi connectivity index (χ2n) is 3.26. The minimum absolute atomic E-state index is 0.179. The molecule has 0 aromatic heterocycles. The van der Waals surface area contributed by atoms with Crippen molar-refractivity contribution in [1.29, 1.82) is 0 Å². The third-order valence-electron chi connectivity index (χ3n) is 2.17. The molecule has 0 spiro atoms. The second-order valence-corrected chi connectivity index (χ2v) is 7.19. The molecule has 0 saturated carbocycles. The quantitative estimate of drug-likeness (QED) is 0.619. The van der Waals surface area contributed by atoms with Gasteiger partial charge in [0.05, 0.1) is 0 Å². The monoisotopic (exact) mass is 317 g/mol. The van der Waals surface area contributed by atoms with Gasteiger partial charge in [-0.05, 0) is 0 Å². The first kappa shape index (κ1) is 12.1. The van der Waals surface area contributed by atoms with Crippen molar-refractivity contribution in [3.05, 3.63) is 30.3 Å². The van der Waals surface area contributed by atoms with Gasteiger partial charge in [0.15, 0.2) is 0 Å². The van der Waals surface area contributed by atoms with Gasteiger partial charge in [0.25, 0.3) is 0 Å². The number of rotatable bonds is 3. The SMILES string of the molecule is O=C(C[Se]c1ccccc1)N1CCSC1=S. The van der Waals surface area contributed by atoms with Gasteiger partial charge < -0.3 is 0 Å². The summed E-state index contributed by atoms with van der Waals surface area (Å²) in [5.41, 5.74) is 0. The van der Waals surface area contributed by atoms with Crippen LogP contribution in [0.1, 0.15) is 0 Å². The number of carbonyl (C=O) groups is 1. The molecule has 1 aromatic rings. The third kappa shape index (κ3) is 3.08. The van der Waals surface area contributed by atoms with Gasteiger partial charge in [0.1, 0.15) is 0 Å². The molecule has 1 aliphatic heterocycles. The normalized spacial score (nSPS) is 15.5. The summed E-state index contributed by atoms with van der Waals surface area (Å²) in [6, 6.07) is 10.2. The molecule has 1 amide bonds. The van der Waals surface area contributed by atoms with Crippen LogP contribution in [0.25, 0.3) is 0 Å². The molecule has 5 heteroatoms. The molecule has 0 radical (unpaired) electrons. The van der Waals surface area contributed by atoms with Crippen LogP contribution in [0.2, 0.25) is 5.32 Å². The van der Waals surface area contributed by atoms with E-state index in [1.165, 1.54) is 4.46 Å². The number of carbonyl (C=O) groups excluding carboxylic acids is 1. The first-order valence-electron chi connectivity index (χ1n) is 4.92. The molecule has 0 atom stereocenters. The average molecular weight is 316 g/mol. The molecule has 1 aliphatic rings. The number of hydrogen-bond donors (Lipinski definition) is 0. The maximum atomic E-state index is 11.9. The average Bonchev–Trinajstić information content (AvgIpc) is 2.74. The molecule has 1 saturated heterocycles. The van der Waals surface area contributed by atoms with Gasteiger partial charge in [0.2, 0.25) is 0 Å². The van der Waals surface area contributed by atoms with Gasteiger partial charge in [0, 0.05) is 0 Å². The number of hydrogen-bond acceptors (Lipinski definition) is 3. The number of amides is 1. The number of benzene rings is 1. The Kier molecular flexibility index (Phi) is 4.41. The number of nitrogens with zero attached hydrogens (tertiary/aromatic N) is 1. The summed E-state index contributed by atoms with van der Waals surface area (Å²) in [4.78, 5) is 13.6. The van der Waals surface area contributed by atoms with Crippen molar-refractivity contribution in [3.63, 3.8) is 0 Å². The van der Waals surface area contributed by atoms with Gasteiger partial charge in [-0.3, -0.25) is 0 Å². The van der Waals surface area contributed by atoms with Gasteiger partial charge in [-0.15, -0.1) is 0 Å². The fraction of sp³-hybridized carbons (Fsp3) is 0.273. The zero-order valence-corrected chi connectivity index (χ0v) is 11.9. The van der Waals surface area contributed by atoms with E-state index in [1.807, 2.05) is 18.2 Å². The van der Waals surface area contributed by atoms with E-state index in [-0.39, 0.29) is 20.9 Å². The predicted molar refractivity (Wildman–Crippen MR) is 73.4 cm³/mol. The van der Waals surface area contributed by atoms with Crippen LogP contribution in [0.15, 0.2) is 30.3 Å². The second kappa shape index (κ2) is 5.82. The van der Waals surface area contributed by atoms with E-state index in [1.54, 1.807) is 16.7 Å². The molecule has 0 N–H and O–H groups in total. The zero-order valence-electron chi connectivity index (χ0n) is 8.59. The van der Waals surface area contributed by atoms with E-state index in [0.717, 1.165) is 16.6 Å². The van der Waals surface area contributed by atoms with E-state index in [4.69, 9.17) is 12.2 Å². The van der Waals surface area contributed by atoms with Crippen molar-refractivity contribution in [2.24, 2.45) is 0 Å². The molecule has 1 fully saturated rings. The molecule has 0 unspecified atom stereocenters. The van der Waals surface area contributed by atoms with Gasteiger partial charge in [-0.2, -0.15) is 0 Å². The summed E-state index contributed by atoms with van der Waals surface area (Å²) < 4.78 is 2.01. The van der Waals surface area contributed by atoms with Crippen LogP contribution >= 0.6 is 24.0 Å². The van der Waals surface area contributed by atoms with Crippen LogP contribution in [0, 0.1) is 0 Å². The Bertz CT molecular complexity index is 396. The van der Waals surface area contributed by atoms with Crippen molar-refractivity contribution in [2.45, 2.75) is 5.32 Å². The van der Waals surface area contributed by atoms with Crippen molar-refractivity contribution in [2.75, 3.05) is 12.3 Å². The maximum absolute atomic E-state index is 11.9. The molecule has 0 aliphatic carbocycles. The van der Waals surface area contributed by atoms with Crippen LogP contribution < -0.4 is 4.46 Å². The first-order valence-corrected chi connectivity index (χ1v) is 8.38. The van der Waals surface area contributed by atoms with Crippen molar-refractivity contribution < 1.29 is 4.79 Å². The molecular formula is C11H11NOS2Se. The topological polar surface area (TPSA) is 20.3 Å². The Morgan fingerprint density at radius 3 is 2.81 bits per heavy atom. The van der Waals surface area contributed by atoms with Gasteiger partial charge >= 0.3 is 111 Å². The fourth-order valence-corrected chi connectivity index (χ4v) is 4.27. The predicted octanol–water partition coefficient (Wildman–Crippen LogP) is 1.29. The van der Waals surface area contributed by atoms with Crippen molar-refractivity contribution in [3.8, 4) is 0 Å². The van der Waals surface area contributed by atoms with Crippen molar-refractivity contribution >= 4 is 53.6 Å². The van der Waals surface area contributed by atoms with E-state index in [0.29, 0.717) is 5.32 Å². The summed E-state index contributed by atoms with van der Waals surface area (Å²) in [7, 11) is 0. The third-order valence-corrected chi connectivity index (χ3v) is 5.69. The number of thiocarbonyl (C=S) groups is 1. The molecule has 2 nitrogen and oxygen atoms in total. The van der Waals surface area contributed by atoms with E-state index < -0.39 is 0 Å². The van der Waals surface area contributed by atoms with Crippen LogP contribution in [0.5, 0.6) is 0 Å². The summed E-state index contributed by atoms with van der Waals surface area (Å²) in [6.45, 7) is 0.785. The molecule has 2 rings (SSSR count). The van der Waals surface area contributed by atoms with Crippen molar-refractivity contribution in [1.82, 2.24) is 4.90 Å². The molecule has 0 bridgehead atoms. The summed E-state index contributed by atoms with van der Waals surface area (Å²) in [5, 5.41) is 0.609. The van der Waals surface area contributed by atoms with E-state index in [2.05, 4.69) is 12.1 Å². The Morgan fingerprint density at radius 1 is 1.44 bits per heavy atom. The van der Waals surface area contributed by atoms with Gasteiger partial charge in [-0.1, -0.05) is 0 Å². The van der Waals surface area contributed by atoms with Crippen LogP contribution in [-0.4, -0.2) is 42.4 Å². The molecule has 84 valence electrons. The van der Waals surface area contributed by atoms with Crippen LogP contribution in [-0.2, 0) is 4.79 Å². The number of thioether (sulfide) groups is 1. The first-order chi connectivity index (χ1) is 7.77. The molecule has 1 aromatic carbocycles. The molecule has 16 heavy (non-hydrogen) atoms.